The molecule has 22 heavy (non-hydrogen) atoms. The molecule has 0 aromatic carbocycles. The predicted molar refractivity (Wildman–Crippen MR) is 90.3 cm³/mol. The van der Waals surface area contributed by atoms with E-state index in [1.807, 2.05) is 6.08 Å². The first-order valence-corrected chi connectivity index (χ1v) is 8.57. The molecule has 0 heterocycles. The van der Waals surface area contributed by atoms with Crippen molar-refractivity contribution in [2.45, 2.75) is 83.7 Å². The zero-order chi connectivity index (χ0) is 16.5. The third kappa shape index (κ3) is 15.1. The van der Waals surface area contributed by atoms with Crippen molar-refractivity contribution >= 4 is 5.97 Å². The highest BCUT2D eigenvalue weighted by Crippen LogP contribution is 2.08. The molecule has 0 saturated heterocycles. The van der Waals surface area contributed by atoms with E-state index in [2.05, 4.69) is 23.5 Å². The molecule has 0 aromatic heterocycles. The summed E-state index contributed by atoms with van der Waals surface area (Å²) in [5, 5.41) is 0. The van der Waals surface area contributed by atoms with Crippen LogP contribution >= 0.6 is 0 Å². The average Bonchev–Trinajstić information content (AvgIpc) is 2.52. The Morgan fingerprint density at radius 1 is 1.14 bits per heavy atom. The van der Waals surface area contributed by atoms with Gasteiger partial charge in [0, 0.05) is 6.42 Å². The number of hydrogen-bond acceptors (Lipinski definition) is 2. The van der Waals surface area contributed by atoms with Gasteiger partial charge in [-0.1, -0.05) is 56.9 Å². The number of alkyl halides is 1. The molecule has 0 radical (unpaired) electrons. The van der Waals surface area contributed by atoms with Gasteiger partial charge in [0.05, 0.1) is 7.11 Å². The van der Waals surface area contributed by atoms with Gasteiger partial charge in [-0.3, -0.25) is 4.79 Å². The van der Waals surface area contributed by atoms with E-state index in [1.165, 1.54) is 7.11 Å². The zero-order valence-electron chi connectivity index (χ0n) is 14.2. The van der Waals surface area contributed by atoms with Crippen LogP contribution in [0.5, 0.6) is 0 Å². The molecule has 3 heteroatoms. The van der Waals surface area contributed by atoms with Crippen molar-refractivity contribution in [1.82, 2.24) is 0 Å². The summed E-state index contributed by atoms with van der Waals surface area (Å²) < 4.78 is 17.9. The van der Waals surface area contributed by atoms with Gasteiger partial charge in [0.1, 0.15) is 0 Å². The van der Waals surface area contributed by atoms with Gasteiger partial charge >= 0.3 is 5.97 Å². The van der Waals surface area contributed by atoms with Gasteiger partial charge in [-0.15, -0.1) is 0 Å². The van der Waals surface area contributed by atoms with E-state index in [0.29, 0.717) is 12.8 Å². The highest BCUT2D eigenvalue weighted by molar-refractivity contribution is 5.68. The summed E-state index contributed by atoms with van der Waals surface area (Å²) >= 11 is 0. The second-order valence-electron chi connectivity index (χ2n) is 5.54. The van der Waals surface area contributed by atoms with Gasteiger partial charge < -0.3 is 4.74 Å². The number of rotatable bonds is 12. The van der Waals surface area contributed by atoms with Crippen molar-refractivity contribution in [3.05, 3.63) is 12.2 Å². The summed E-state index contributed by atoms with van der Waals surface area (Å²) in [4.78, 5) is 10.9. The number of methoxy groups -OCH3 is 1. The number of esters is 1. The molecule has 0 amide bonds. The lowest BCUT2D eigenvalue weighted by Gasteiger charge is -1.99. The van der Waals surface area contributed by atoms with Crippen LogP contribution in [-0.2, 0) is 9.53 Å². The molecule has 0 spiro atoms. The summed E-state index contributed by atoms with van der Waals surface area (Å²) in [6, 6.07) is 0. The maximum atomic E-state index is 13.3. The highest BCUT2D eigenvalue weighted by Gasteiger charge is 1.99. The SMILES string of the molecule is CCCCCC(F)C#C/C=C\CCCCCCCC(=O)OC. The molecule has 2 nitrogen and oxygen atoms in total. The maximum Gasteiger partial charge on any atom is 0.305 e. The molecule has 0 saturated carbocycles. The smallest absolute Gasteiger partial charge is 0.305 e. The fourth-order valence-electron chi connectivity index (χ4n) is 2.09. The Hall–Kier alpha value is -1.30. The van der Waals surface area contributed by atoms with Crippen LogP contribution in [0, 0.1) is 11.8 Å². The molecule has 0 fully saturated rings. The monoisotopic (exact) mass is 310 g/mol. The van der Waals surface area contributed by atoms with Gasteiger partial charge in [-0.25, -0.2) is 4.39 Å². The molecule has 1 unspecified atom stereocenters. The third-order valence-electron chi connectivity index (χ3n) is 3.48. The number of carbonyl (C=O) groups is 1. The molecule has 126 valence electrons. The minimum absolute atomic E-state index is 0.123. The average molecular weight is 310 g/mol. The quantitative estimate of drug-likeness (QED) is 0.275. The van der Waals surface area contributed by atoms with Crippen molar-refractivity contribution < 1.29 is 13.9 Å². The van der Waals surface area contributed by atoms with Gasteiger partial charge in [0.2, 0.25) is 0 Å². The molecule has 1 atom stereocenters. The molecule has 0 aliphatic rings. The van der Waals surface area contributed by atoms with Crippen molar-refractivity contribution in [2.24, 2.45) is 0 Å². The zero-order valence-corrected chi connectivity index (χ0v) is 14.2. The van der Waals surface area contributed by atoms with Crippen molar-refractivity contribution in [3.63, 3.8) is 0 Å². The molecular weight excluding hydrogens is 279 g/mol. The fourth-order valence-corrected chi connectivity index (χ4v) is 2.09. The summed E-state index contributed by atoms with van der Waals surface area (Å²) in [6.45, 7) is 2.11. The Bertz CT molecular complexity index is 352. The minimum atomic E-state index is -0.981. The number of halogens is 1. The Labute approximate surface area is 135 Å². The van der Waals surface area contributed by atoms with Crippen LogP contribution in [0.25, 0.3) is 0 Å². The van der Waals surface area contributed by atoms with E-state index >= 15 is 0 Å². The summed E-state index contributed by atoms with van der Waals surface area (Å²) in [5.74, 6) is 5.29. The molecular formula is C19H31FO2. The van der Waals surface area contributed by atoms with E-state index < -0.39 is 6.17 Å². The van der Waals surface area contributed by atoms with E-state index in [4.69, 9.17) is 0 Å². The first-order chi connectivity index (χ1) is 10.7. The van der Waals surface area contributed by atoms with Crippen molar-refractivity contribution in [2.75, 3.05) is 7.11 Å². The van der Waals surface area contributed by atoms with E-state index in [9.17, 15) is 9.18 Å². The molecule has 0 bridgehead atoms. The summed E-state index contributed by atoms with van der Waals surface area (Å²) in [7, 11) is 1.42. The lowest BCUT2D eigenvalue weighted by molar-refractivity contribution is -0.140. The van der Waals surface area contributed by atoms with Gasteiger partial charge in [-0.05, 0) is 38.2 Å². The van der Waals surface area contributed by atoms with Crippen LogP contribution in [0.4, 0.5) is 4.39 Å². The first kappa shape index (κ1) is 20.7. The summed E-state index contributed by atoms with van der Waals surface area (Å²) in [5.41, 5.74) is 0. The van der Waals surface area contributed by atoms with Crippen molar-refractivity contribution in [3.8, 4) is 11.8 Å². The molecule has 0 aliphatic heterocycles. The summed E-state index contributed by atoms with van der Waals surface area (Å²) in [6.07, 6.45) is 13.4. The predicted octanol–water partition coefficient (Wildman–Crippen LogP) is 5.37. The highest BCUT2D eigenvalue weighted by atomic mass is 19.1. The Morgan fingerprint density at radius 3 is 2.59 bits per heavy atom. The molecule has 0 aliphatic carbocycles. The second kappa shape index (κ2) is 16.1. The van der Waals surface area contributed by atoms with Crippen LogP contribution in [-0.4, -0.2) is 19.3 Å². The van der Waals surface area contributed by atoms with E-state index in [1.54, 1.807) is 6.08 Å². The number of hydrogen-bond donors (Lipinski definition) is 0. The molecule has 0 aromatic rings. The number of unbranched alkanes of at least 4 members (excludes halogenated alkanes) is 7. The van der Waals surface area contributed by atoms with E-state index in [-0.39, 0.29) is 5.97 Å². The van der Waals surface area contributed by atoms with Gasteiger partial charge in [-0.2, -0.15) is 0 Å². The van der Waals surface area contributed by atoms with Crippen LogP contribution in [0.15, 0.2) is 12.2 Å². The standard InChI is InChI=1S/C19H31FO2/c1-3-4-12-15-18(20)16-13-10-8-6-5-7-9-11-14-17-19(21)22-2/h8,10,18H,3-7,9,11-12,14-15,17H2,1-2H3/b10-8-. The van der Waals surface area contributed by atoms with Crippen LogP contribution in [0.3, 0.4) is 0 Å². The molecule has 0 rings (SSSR count). The van der Waals surface area contributed by atoms with Crippen LogP contribution in [0.1, 0.15) is 77.6 Å². The normalized spacial score (nSPS) is 12.0. The number of carbonyl (C=O) groups excluding carboxylic acids is 1. The van der Waals surface area contributed by atoms with E-state index in [0.717, 1.165) is 57.8 Å². The number of ether oxygens (including phenoxy) is 1. The van der Waals surface area contributed by atoms with Crippen molar-refractivity contribution in [1.29, 1.82) is 0 Å². The largest absolute Gasteiger partial charge is 0.469 e. The lowest BCUT2D eigenvalue weighted by Crippen LogP contribution is -1.98. The minimum Gasteiger partial charge on any atom is -0.469 e. The first-order valence-electron chi connectivity index (χ1n) is 8.57. The Morgan fingerprint density at radius 2 is 1.86 bits per heavy atom. The third-order valence-corrected chi connectivity index (χ3v) is 3.48. The number of allylic oxidation sites excluding steroid dienone is 2. The second-order valence-corrected chi connectivity index (χ2v) is 5.54. The van der Waals surface area contributed by atoms with Gasteiger partial charge in [0.15, 0.2) is 6.17 Å². The molecule has 0 N–H and O–H groups in total. The maximum absolute atomic E-state index is 13.3. The van der Waals surface area contributed by atoms with Crippen LogP contribution in [0.2, 0.25) is 0 Å². The Kier molecular flexibility index (Phi) is 15.1. The Balaban J connectivity index is 3.42. The fraction of sp³-hybridized carbons (Fsp3) is 0.737. The topological polar surface area (TPSA) is 26.3 Å². The van der Waals surface area contributed by atoms with Crippen LogP contribution < -0.4 is 0 Å². The van der Waals surface area contributed by atoms with Gasteiger partial charge in [0.25, 0.3) is 0 Å². The lowest BCUT2D eigenvalue weighted by atomic mass is 10.1.